The normalized spacial score (nSPS) is 10.5. The third-order valence-electron chi connectivity index (χ3n) is 3.71. The van der Waals surface area contributed by atoms with Gasteiger partial charge in [0.2, 0.25) is 0 Å². The zero-order valence-electron chi connectivity index (χ0n) is 13.7. The van der Waals surface area contributed by atoms with Crippen molar-refractivity contribution in [3.63, 3.8) is 0 Å². The molecule has 0 spiro atoms. The van der Waals surface area contributed by atoms with Gasteiger partial charge in [0.25, 0.3) is 0 Å². The SMILES string of the molecule is O=C(OCCOC(=O)c1ccc2cc(O)ccc2c1)c1ccc(O)cc1. The van der Waals surface area contributed by atoms with Gasteiger partial charge in [0.1, 0.15) is 24.7 Å². The van der Waals surface area contributed by atoms with Gasteiger partial charge in [0.05, 0.1) is 11.1 Å². The first-order valence-corrected chi connectivity index (χ1v) is 7.89. The minimum Gasteiger partial charge on any atom is -0.508 e. The molecular formula is C20H16O6. The van der Waals surface area contributed by atoms with E-state index in [1.807, 2.05) is 0 Å². The highest BCUT2D eigenvalue weighted by molar-refractivity contribution is 5.95. The highest BCUT2D eigenvalue weighted by Crippen LogP contribution is 2.21. The molecule has 0 atom stereocenters. The number of hydrogen-bond acceptors (Lipinski definition) is 6. The average molecular weight is 352 g/mol. The van der Waals surface area contributed by atoms with Crippen molar-refractivity contribution in [2.45, 2.75) is 0 Å². The first-order chi connectivity index (χ1) is 12.5. The number of phenols is 2. The Morgan fingerprint density at radius 3 is 1.85 bits per heavy atom. The van der Waals surface area contributed by atoms with E-state index < -0.39 is 11.9 Å². The van der Waals surface area contributed by atoms with E-state index in [0.717, 1.165) is 10.8 Å². The Morgan fingerprint density at radius 1 is 0.654 bits per heavy atom. The predicted molar refractivity (Wildman–Crippen MR) is 94.3 cm³/mol. The maximum absolute atomic E-state index is 12.1. The van der Waals surface area contributed by atoms with Gasteiger partial charge in [-0.25, -0.2) is 9.59 Å². The lowest BCUT2D eigenvalue weighted by molar-refractivity contribution is 0.0266. The minimum atomic E-state index is -0.563. The van der Waals surface area contributed by atoms with Gasteiger partial charge in [0, 0.05) is 0 Å². The Balaban J connectivity index is 1.51. The quantitative estimate of drug-likeness (QED) is 0.541. The van der Waals surface area contributed by atoms with Crippen LogP contribution in [0.2, 0.25) is 0 Å². The van der Waals surface area contributed by atoms with Crippen LogP contribution >= 0.6 is 0 Å². The third-order valence-corrected chi connectivity index (χ3v) is 3.71. The topological polar surface area (TPSA) is 93.1 Å². The van der Waals surface area contributed by atoms with Crippen molar-refractivity contribution in [1.82, 2.24) is 0 Å². The Labute approximate surface area is 149 Å². The summed E-state index contributed by atoms with van der Waals surface area (Å²) in [7, 11) is 0. The van der Waals surface area contributed by atoms with Crippen LogP contribution in [0.1, 0.15) is 20.7 Å². The number of carbonyl (C=O) groups is 2. The van der Waals surface area contributed by atoms with E-state index in [4.69, 9.17) is 9.47 Å². The number of ether oxygens (including phenoxy) is 2. The minimum absolute atomic E-state index is 0.0566. The lowest BCUT2D eigenvalue weighted by atomic mass is 10.1. The molecule has 3 aromatic carbocycles. The van der Waals surface area contributed by atoms with Crippen molar-refractivity contribution in [2.24, 2.45) is 0 Å². The fourth-order valence-corrected chi connectivity index (χ4v) is 2.39. The molecule has 0 amide bonds. The molecule has 0 aliphatic carbocycles. The average Bonchev–Trinajstić information content (AvgIpc) is 2.65. The molecule has 6 nitrogen and oxygen atoms in total. The van der Waals surface area contributed by atoms with Gasteiger partial charge in [-0.05, 0) is 59.3 Å². The lowest BCUT2D eigenvalue weighted by Gasteiger charge is -2.07. The Bertz CT molecular complexity index is 946. The fraction of sp³-hybridized carbons (Fsp3) is 0.100. The van der Waals surface area contributed by atoms with E-state index >= 15 is 0 Å². The summed E-state index contributed by atoms with van der Waals surface area (Å²) in [6.07, 6.45) is 0. The number of esters is 2. The van der Waals surface area contributed by atoms with Crippen molar-refractivity contribution in [2.75, 3.05) is 13.2 Å². The summed E-state index contributed by atoms with van der Waals surface area (Å²) in [5, 5.41) is 20.2. The van der Waals surface area contributed by atoms with Crippen molar-refractivity contribution in [3.8, 4) is 11.5 Å². The van der Waals surface area contributed by atoms with Crippen LogP contribution in [0.5, 0.6) is 11.5 Å². The van der Waals surface area contributed by atoms with Crippen molar-refractivity contribution >= 4 is 22.7 Å². The number of aromatic hydroxyl groups is 2. The largest absolute Gasteiger partial charge is 0.508 e. The van der Waals surface area contributed by atoms with Crippen LogP contribution in [0.15, 0.2) is 60.7 Å². The van der Waals surface area contributed by atoms with Gasteiger partial charge in [-0.2, -0.15) is 0 Å². The van der Waals surface area contributed by atoms with Crippen molar-refractivity contribution in [3.05, 3.63) is 71.8 Å². The second kappa shape index (κ2) is 7.57. The summed E-state index contributed by atoms with van der Waals surface area (Å²) in [4.78, 5) is 23.8. The highest BCUT2D eigenvalue weighted by Gasteiger charge is 2.10. The molecule has 0 saturated heterocycles. The molecule has 0 aliphatic rings. The second-order valence-electron chi connectivity index (χ2n) is 5.56. The molecule has 0 bridgehead atoms. The van der Waals surface area contributed by atoms with Crippen LogP contribution in [0.3, 0.4) is 0 Å². The second-order valence-corrected chi connectivity index (χ2v) is 5.56. The smallest absolute Gasteiger partial charge is 0.338 e. The molecule has 26 heavy (non-hydrogen) atoms. The maximum Gasteiger partial charge on any atom is 0.338 e. The number of fused-ring (bicyclic) bond motifs is 1. The monoisotopic (exact) mass is 352 g/mol. The molecule has 0 aliphatic heterocycles. The van der Waals surface area contributed by atoms with Gasteiger partial charge in [-0.3, -0.25) is 0 Å². The van der Waals surface area contributed by atoms with E-state index in [1.54, 1.807) is 36.4 Å². The highest BCUT2D eigenvalue weighted by atomic mass is 16.6. The Hall–Kier alpha value is -3.54. The molecule has 0 radical (unpaired) electrons. The molecular weight excluding hydrogens is 336 g/mol. The van der Waals surface area contributed by atoms with Gasteiger partial charge >= 0.3 is 11.9 Å². The van der Waals surface area contributed by atoms with Gasteiger partial charge in [-0.15, -0.1) is 0 Å². The molecule has 0 heterocycles. The van der Waals surface area contributed by atoms with Gasteiger partial charge in [0.15, 0.2) is 0 Å². The number of rotatable bonds is 5. The van der Waals surface area contributed by atoms with E-state index in [1.165, 1.54) is 24.3 Å². The van der Waals surface area contributed by atoms with Gasteiger partial charge in [-0.1, -0.05) is 12.1 Å². The molecule has 0 aromatic heterocycles. The number of hydrogen-bond donors (Lipinski definition) is 2. The number of phenolic OH excluding ortho intramolecular Hbond substituents is 2. The van der Waals surface area contributed by atoms with Crippen LogP contribution in [-0.2, 0) is 9.47 Å². The van der Waals surface area contributed by atoms with E-state index in [9.17, 15) is 19.8 Å². The molecule has 2 N–H and O–H groups in total. The van der Waals surface area contributed by atoms with Crippen LogP contribution in [0.4, 0.5) is 0 Å². The third kappa shape index (κ3) is 4.10. The number of carbonyl (C=O) groups excluding carboxylic acids is 2. The lowest BCUT2D eigenvalue weighted by Crippen LogP contribution is -2.14. The van der Waals surface area contributed by atoms with Crippen molar-refractivity contribution < 1.29 is 29.3 Å². The number of benzene rings is 3. The van der Waals surface area contributed by atoms with Crippen LogP contribution < -0.4 is 0 Å². The van der Waals surface area contributed by atoms with Crippen molar-refractivity contribution in [1.29, 1.82) is 0 Å². The molecule has 6 heteroatoms. The molecule has 3 rings (SSSR count). The summed E-state index contributed by atoms with van der Waals surface area (Å²) in [6, 6.07) is 15.5. The molecule has 0 unspecified atom stereocenters. The van der Waals surface area contributed by atoms with E-state index in [-0.39, 0.29) is 24.7 Å². The maximum atomic E-state index is 12.1. The molecule has 0 saturated carbocycles. The fourth-order valence-electron chi connectivity index (χ4n) is 2.39. The zero-order chi connectivity index (χ0) is 18.5. The first kappa shape index (κ1) is 17.3. The van der Waals surface area contributed by atoms with Crippen LogP contribution in [-0.4, -0.2) is 35.4 Å². The van der Waals surface area contributed by atoms with Crippen LogP contribution in [0.25, 0.3) is 10.8 Å². The summed E-state index contributed by atoms with van der Waals surface area (Å²) < 4.78 is 10.1. The molecule has 0 fully saturated rings. The van der Waals surface area contributed by atoms with Crippen LogP contribution in [0, 0.1) is 0 Å². The summed E-state index contributed by atoms with van der Waals surface area (Å²) in [5.74, 6) is -0.878. The van der Waals surface area contributed by atoms with Gasteiger partial charge < -0.3 is 19.7 Å². The summed E-state index contributed by atoms with van der Waals surface area (Å²) >= 11 is 0. The first-order valence-electron chi connectivity index (χ1n) is 7.89. The summed E-state index contributed by atoms with van der Waals surface area (Å²) in [6.45, 7) is -0.150. The predicted octanol–water partition coefficient (Wildman–Crippen LogP) is 3.26. The standard InChI is InChI=1S/C20H16O6/c21-17-6-3-13(4-7-17)19(23)25-9-10-26-20(24)16-2-1-15-12-18(22)8-5-14(15)11-16/h1-8,11-12,21-22H,9-10H2. The zero-order valence-corrected chi connectivity index (χ0v) is 13.7. The summed E-state index contributed by atoms with van der Waals surface area (Å²) in [5.41, 5.74) is 0.667. The van der Waals surface area contributed by atoms with E-state index in [2.05, 4.69) is 0 Å². The van der Waals surface area contributed by atoms with E-state index in [0.29, 0.717) is 11.1 Å². The Kier molecular flexibility index (Phi) is 5.03. The molecule has 132 valence electrons. The molecule has 3 aromatic rings. The Morgan fingerprint density at radius 2 is 1.15 bits per heavy atom.